The van der Waals surface area contributed by atoms with Gasteiger partial charge in [-0.05, 0) is 18.2 Å². The van der Waals surface area contributed by atoms with Crippen LogP contribution in [-0.4, -0.2) is 31.3 Å². The van der Waals surface area contributed by atoms with Gasteiger partial charge >= 0.3 is 0 Å². The predicted molar refractivity (Wildman–Crippen MR) is 84.7 cm³/mol. The SMILES string of the molecule is CN1c2ccccc2C(c2cccc(F)c2)=NC(N)C1C=O. The molecule has 3 rings (SSSR count). The zero-order chi connectivity index (χ0) is 15.7. The molecule has 112 valence electrons. The van der Waals surface area contributed by atoms with Crippen molar-refractivity contribution in [2.24, 2.45) is 10.7 Å². The van der Waals surface area contributed by atoms with Gasteiger partial charge in [-0.2, -0.15) is 0 Å². The lowest BCUT2D eigenvalue weighted by Gasteiger charge is -2.27. The van der Waals surface area contributed by atoms with E-state index in [1.54, 1.807) is 12.1 Å². The average molecular weight is 297 g/mol. The van der Waals surface area contributed by atoms with Gasteiger partial charge in [0.15, 0.2) is 0 Å². The number of likely N-dealkylation sites (N-methyl/N-ethyl adjacent to an activating group) is 1. The van der Waals surface area contributed by atoms with E-state index in [9.17, 15) is 9.18 Å². The maximum Gasteiger partial charge on any atom is 0.145 e. The van der Waals surface area contributed by atoms with Crippen LogP contribution < -0.4 is 10.6 Å². The van der Waals surface area contributed by atoms with E-state index in [0.717, 1.165) is 17.5 Å². The van der Waals surface area contributed by atoms with Crippen LogP contribution in [0.25, 0.3) is 0 Å². The molecule has 5 heteroatoms. The number of anilines is 1. The van der Waals surface area contributed by atoms with Crippen molar-refractivity contribution in [2.75, 3.05) is 11.9 Å². The van der Waals surface area contributed by atoms with Crippen molar-refractivity contribution in [2.45, 2.75) is 12.2 Å². The Morgan fingerprint density at radius 2 is 2.00 bits per heavy atom. The summed E-state index contributed by atoms with van der Waals surface area (Å²) >= 11 is 0. The molecule has 0 spiro atoms. The number of hydrogen-bond acceptors (Lipinski definition) is 4. The number of nitrogens with two attached hydrogens (primary N) is 1. The molecule has 2 aromatic carbocycles. The minimum Gasteiger partial charge on any atom is -0.361 e. The summed E-state index contributed by atoms with van der Waals surface area (Å²) < 4.78 is 13.6. The van der Waals surface area contributed by atoms with Gasteiger partial charge in [0.2, 0.25) is 0 Å². The zero-order valence-electron chi connectivity index (χ0n) is 12.1. The molecule has 0 saturated heterocycles. The van der Waals surface area contributed by atoms with Gasteiger partial charge in [0, 0.05) is 23.9 Å². The van der Waals surface area contributed by atoms with E-state index in [4.69, 9.17) is 5.73 Å². The third kappa shape index (κ3) is 2.40. The van der Waals surface area contributed by atoms with Gasteiger partial charge in [-0.25, -0.2) is 4.39 Å². The molecule has 0 fully saturated rings. The number of fused-ring (bicyclic) bond motifs is 1. The van der Waals surface area contributed by atoms with Gasteiger partial charge in [-0.1, -0.05) is 30.3 Å². The van der Waals surface area contributed by atoms with Gasteiger partial charge in [0.05, 0.1) is 5.71 Å². The van der Waals surface area contributed by atoms with Gasteiger partial charge in [-0.3, -0.25) is 4.99 Å². The first-order chi connectivity index (χ1) is 10.6. The molecule has 2 unspecified atom stereocenters. The normalized spacial score (nSPS) is 20.9. The first-order valence-electron chi connectivity index (χ1n) is 6.98. The van der Waals surface area contributed by atoms with Crippen molar-refractivity contribution in [3.05, 3.63) is 65.5 Å². The van der Waals surface area contributed by atoms with E-state index in [1.165, 1.54) is 12.1 Å². The molecule has 22 heavy (non-hydrogen) atoms. The quantitative estimate of drug-likeness (QED) is 0.862. The lowest BCUT2D eigenvalue weighted by molar-refractivity contribution is -0.109. The van der Waals surface area contributed by atoms with Crippen molar-refractivity contribution in [3.63, 3.8) is 0 Å². The summed E-state index contributed by atoms with van der Waals surface area (Å²) in [7, 11) is 1.81. The molecule has 0 aliphatic carbocycles. The topological polar surface area (TPSA) is 58.7 Å². The standard InChI is InChI=1S/C17H16FN3O/c1-21-14-8-3-2-7-13(14)16(20-17(19)15(21)10-22)11-5-4-6-12(18)9-11/h2-10,15,17H,19H2,1H3. The number of hydrogen-bond donors (Lipinski definition) is 1. The highest BCUT2D eigenvalue weighted by atomic mass is 19.1. The third-order valence-corrected chi connectivity index (χ3v) is 3.85. The van der Waals surface area contributed by atoms with E-state index in [2.05, 4.69) is 4.99 Å². The lowest BCUT2D eigenvalue weighted by atomic mass is 10.00. The summed E-state index contributed by atoms with van der Waals surface area (Å²) in [5.41, 5.74) is 8.98. The Hall–Kier alpha value is -2.53. The second kappa shape index (κ2) is 5.69. The number of halogens is 1. The molecular weight excluding hydrogens is 281 g/mol. The number of carbonyl (C=O) groups excluding carboxylic acids is 1. The molecule has 0 radical (unpaired) electrons. The Morgan fingerprint density at radius 3 is 2.73 bits per heavy atom. The molecule has 1 aliphatic rings. The number of rotatable bonds is 2. The highest BCUT2D eigenvalue weighted by molar-refractivity contribution is 6.16. The fourth-order valence-electron chi connectivity index (χ4n) is 2.70. The number of benzene rings is 2. The van der Waals surface area contributed by atoms with Crippen LogP contribution in [-0.2, 0) is 4.79 Å². The monoisotopic (exact) mass is 297 g/mol. The number of aliphatic imine (C=N–C) groups is 1. The van der Waals surface area contributed by atoms with Crippen LogP contribution in [0.4, 0.5) is 10.1 Å². The number of para-hydroxylation sites is 1. The molecule has 2 N–H and O–H groups in total. The van der Waals surface area contributed by atoms with Crippen molar-refractivity contribution >= 4 is 17.7 Å². The summed E-state index contributed by atoms with van der Waals surface area (Å²) in [6, 6.07) is 13.2. The summed E-state index contributed by atoms with van der Waals surface area (Å²) in [6.07, 6.45) is 0.0765. The highest BCUT2D eigenvalue weighted by Crippen LogP contribution is 2.28. The molecule has 2 aromatic rings. The molecule has 2 atom stereocenters. The molecule has 1 heterocycles. The Balaban J connectivity index is 2.23. The van der Waals surface area contributed by atoms with E-state index in [1.807, 2.05) is 36.2 Å². The maximum atomic E-state index is 13.6. The van der Waals surface area contributed by atoms with Crippen molar-refractivity contribution in [1.82, 2.24) is 0 Å². The molecule has 4 nitrogen and oxygen atoms in total. The van der Waals surface area contributed by atoms with Crippen LogP contribution in [0.3, 0.4) is 0 Å². The maximum absolute atomic E-state index is 13.6. The van der Waals surface area contributed by atoms with E-state index >= 15 is 0 Å². The minimum atomic E-state index is -0.715. The lowest BCUT2D eigenvalue weighted by Crippen LogP contribution is -2.45. The van der Waals surface area contributed by atoms with Crippen LogP contribution in [0, 0.1) is 5.82 Å². The number of nitrogens with zero attached hydrogens (tertiary/aromatic N) is 2. The molecular formula is C17H16FN3O. The van der Waals surface area contributed by atoms with Gasteiger partial charge in [-0.15, -0.1) is 0 Å². The fourth-order valence-corrected chi connectivity index (χ4v) is 2.70. The number of aldehydes is 1. The molecule has 1 aliphatic heterocycles. The van der Waals surface area contributed by atoms with Crippen LogP contribution in [0.5, 0.6) is 0 Å². The largest absolute Gasteiger partial charge is 0.361 e. The van der Waals surface area contributed by atoms with Crippen LogP contribution in [0.1, 0.15) is 11.1 Å². The van der Waals surface area contributed by atoms with Crippen LogP contribution in [0.15, 0.2) is 53.5 Å². The second-order valence-corrected chi connectivity index (χ2v) is 5.23. The van der Waals surface area contributed by atoms with E-state index in [-0.39, 0.29) is 5.82 Å². The first kappa shape index (κ1) is 14.4. The Labute approximate surface area is 128 Å². The van der Waals surface area contributed by atoms with Gasteiger partial charge in [0.25, 0.3) is 0 Å². The second-order valence-electron chi connectivity index (χ2n) is 5.23. The number of benzodiazepines with no additional fused rings is 1. The van der Waals surface area contributed by atoms with Gasteiger partial charge in [0.1, 0.15) is 24.3 Å². The summed E-state index contributed by atoms with van der Waals surface area (Å²) in [5, 5.41) is 0. The highest BCUT2D eigenvalue weighted by Gasteiger charge is 2.29. The summed E-state index contributed by atoms with van der Waals surface area (Å²) in [4.78, 5) is 17.7. The number of carbonyl (C=O) groups is 1. The molecule has 0 saturated carbocycles. The zero-order valence-corrected chi connectivity index (χ0v) is 12.1. The summed E-state index contributed by atoms with van der Waals surface area (Å²) in [6.45, 7) is 0. The Kier molecular flexibility index (Phi) is 3.73. The molecule has 0 amide bonds. The van der Waals surface area contributed by atoms with Crippen molar-refractivity contribution < 1.29 is 9.18 Å². The first-order valence-corrected chi connectivity index (χ1v) is 6.98. The van der Waals surface area contributed by atoms with Crippen LogP contribution in [0.2, 0.25) is 0 Å². The smallest absolute Gasteiger partial charge is 0.145 e. The molecule has 0 aromatic heterocycles. The van der Waals surface area contributed by atoms with Gasteiger partial charge < -0.3 is 15.4 Å². The van der Waals surface area contributed by atoms with Crippen LogP contribution >= 0.6 is 0 Å². The predicted octanol–water partition coefficient (Wildman–Crippen LogP) is 1.97. The van der Waals surface area contributed by atoms with Crippen molar-refractivity contribution in [1.29, 1.82) is 0 Å². The summed E-state index contributed by atoms with van der Waals surface area (Å²) in [5.74, 6) is -0.337. The minimum absolute atomic E-state index is 0.337. The van der Waals surface area contributed by atoms with E-state index in [0.29, 0.717) is 11.3 Å². The Morgan fingerprint density at radius 1 is 1.23 bits per heavy atom. The average Bonchev–Trinajstić information content (AvgIpc) is 2.63. The molecule has 0 bridgehead atoms. The Bertz CT molecular complexity index is 744. The third-order valence-electron chi connectivity index (χ3n) is 3.85. The fraction of sp³-hybridized carbons (Fsp3) is 0.176. The van der Waals surface area contributed by atoms with Crippen molar-refractivity contribution in [3.8, 4) is 0 Å². The van der Waals surface area contributed by atoms with E-state index < -0.39 is 12.2 Å².